The average molecular weight is 447 g/mol. The molecule has 1 fully saturated rings. The summed E-state index contributed by atoms with van der Waals surface area (Å²) in [7, 11) is 0. The summed E-state index contributed by atoms with van der Waals surface area (Å²) in [5, 5.41) is 4.97. The molecule has 0 bridgehead atoms. The van der Waals surface area contributed by atoms with Crippen LogP contribution in [0.1, 0.15) is 46.0 Å². The van der Waals surface area contributed by atoms with Crippen LogP contribution < -0.4 is 21.1 Å². The number of ether oxygens (including phenoxy) is 1. The molecule has 1 aliphatic rings. The fourth-order valence-electron chi connectivity index (χ4n) is 3.34. The molecule has 2 rings (SSSR count). The smallest absolute Gasteiger partial charge is 0.223 e. The van der Waals surface area contributed by atoms with Crippen molar-refractivity contribution < 1.29 is 36.7 Å². The molecule has 1 heterocycles. The number of nitrogens with one attached hydrogen (secondary N) is 2. The third-order valence-corrected chi connectivity index (χ3v) is 5.03. The number of carbonyl (C=O) groups excluding carboxylic acids is 3. The Hall–Kier alpha value is -2.69. The third-order valence-electron chi connectivity index (χ3n) is 5.03. The Bertz CT molecular complexity index is 841. The van der Waals surface area contributed by atoms with Gasteiger partial charge in [0.2, 0.25) is 29.2 Å². The number of amides is 2. The monoisotopic (exact) mass is 447 g/mol. The SMILES string of the molecule is CCCCC(=O)N[C@@](N)(C[C@@H]1CCNC1=O)C(=O)[C@H](C)Oc1c(F)c(F)cc(F)c1F. The maximum atomic E-state index is 13.9. The van der Waals surface area contributed by atoms with Crippen LogP contribution in [0.3, 0.4) is 0 Å². The molecular formula is C20H25F4N3O4. The number of unbranched alkanes of at least 4 members (excludes halogenated alkanes) is 1. The van der Waals surface area contributed by atoms with Crippen molar-refractivity contribution in [3.8, 4) is 5.75 Å². The second kappa shape index (κ2) is 10.1. The lowest BCUT2D eigenvalue weighted by Crippen LogP contribution is -2.65. The van der Waals surface area contributed by atoms with Crippen molar-refractivity contribution in [2.75, 3.05) is 6.54 Å². The molecule has 1 aromatic rings. The maximum absolute atomic E-state index is 13.9. The largest absolute Gasteiger partial charge is 0.476 e. The van der Waals surface area contributed by atoms with Crippen molar-refractivity contribution >= 4 is 17.6 Å². The average Bonchev–Trinajstić information content (AvgIpc) is 3.11. The summed E-state index contributed by atoms with van der Waals surface area (Å²) < 4.78 is 59.6. The number of hydrogen-bond acceptors (Lipinski definition) is 5. The van der Waals surface area contributed by atoms with Crippen LogP contribution >= 0.6 is 0 Å². The lowest BCUT2D eigenvalue weighted by molar-refractivity contribution is -0.138. The number of Topliss-reactive ketones (excluding diaryl/α,β-unsaturated/α-hetero) is 1. The van der Waals surface area contributed by atoms with E-state index in [0.717, 1.165) is 6.92 Å². The van der Waals surface area contributed by atoms with Crippen LogP contribution in [0.2, 0.25) is 0 Å². The highest BCUT2D eigenvalue weighted by atomic mass is 19.2. The van der Waals surface area contributed by atoms with Crippen LogP contribution in [-0.2, 0) is 14.4 Å². The van der Waals surface area contributed by atoms with Gasteiger partial charge in [-0.2, -0.15) is 8.78 Å². The summed E-state index contributed by atoms with van der Waals surface area (Å²) in [6.07, 6.45) is -0.341. The van der Waals surface area contributed by atoms with Gasteiger partial charge in [0.05, 0.1) is 0 Å². The number of rotatable bonds is 10. The van der Waals surface area contributed by atoms with Crippen molar-refractivity contribution in [3.63, 3.8) is 0 Å². The van der Waals surface area contributed by atoms with Gasteiger partial charge in [-0.1, -0.05) is 13.3 Å². The molecule has 2 amide bonds. The van der Waals surface area contributed by atoms with Gasteiger partial charge in [0.25, 0.3) is 0 Å². The molecule has 172 valence electrons. The van der Waals surface area contributed by atoms with Crippen LogP contribution in [0.25, 0.3) is 0 Å². The summed E-state index contributed by atoms with van der Waals surface area (Å²) in [5.41, 5.74) is 4.07. The lowest BCUT2D eigenvalue weighted by atomic mass is 9.88. The molecule has 0 spiro atoms. The Morgan fingerprint density at radius 2 is 1.90 bits per heavy atom. The van der Waals surface area contributed by atoms with E-state index in [1.54, 1.807) is 0 Å². The van der Waals surface area contributed by atoms with E-state index in [1.165, 1.54) is 0 Å². The van der Waals surface area contributed by atoms with E-state index < -0.39 is 58.4 Å². The normalized spacial score (nSPS) is 18.8. The first-order valence-corrected chi connectivity index (χ1v) is 9.91. The molecule has 0 radical (unpaired) electrons. The van der Waals surface area contributed by atoms with Crippen LogP contribution in [-0.4, -0.2) is 35.9 Å². The maximum Gasteiger partial charge on any atom is 0.223 e. The van der Waals surface area contributed by atoms with Crippen LogP contribution in [0.5, 0.6) is 5.75 Å². The Kier molecular flexibility index (Phi) is 7.99. The molecule has 0 unspecified atom stereocenters. The standard InChI is InChI=1S/C20H25F4N3O4/c1-3-4-5-14(28)27-20(25,9-11-6-7-26-19(11)30)18(29)10(2)31-17-15(23)12(21)8-13(22)16(17)24/h8,10-11H,3-7,9,25H2,1-2H3,(H,26,30)(H,27,28)/t10-,11-,20-/m0/s1. The topological polar surface area (TPSA) is 111 Å². The molecular weight excluding hydrogens is 422 g/mol. The molecule has 31 heavy (non-hydrogen) atoms. The van der Waals surface area contributed by atoms with Crippen molar-refractivity contribution in [2.45, 2.75) is 57.7 Å². The highest BCUT2D eigenvalue weighted by Gasteiger charge is 2.44. The quantitative estimate of drug-likeness (QED) is 0.289. The van der Waals surface area contributed by atoms with Crippen LogP contribution in [0.4, 0.5) is 17.6 Å². The van der Waals surface area contributed by atoms with Crippen molar-refractivity contribution in [2.24, 2.45) is 11.7 Å². The van der Waals surface area contributed by atoms with Crippen LogP contribution in [0.15, 0.2) is 6.07 Å². The van der Waals surface area contributed by atoms with E-state index in [2.05, 4.69) is 10.6 Å². The van der Waals surface area contributed by atoms with E-state index in [9.17, 15) is 31.9 Å². The molecule has 1 aromatic carbocycles. The van der Waals surface area contributed by atoms with Crippen molar-refractivity contribution in [1.82, 2.24) is 10.6 Å². The lowest BCUT2D eigenvalue weighted by Gasteiger charge is -2.33. The molecule has 3 atom stereocenters. The van der Waals surface area contributed by atoms with Gasteiger partial charge < -0.3 is 21.1 Å². The zero-order chi connectivity index (χ0) is 23.3. The summed E-state index contributed by atoms with van der Waals surface area (Å²) in [6, 6.07) is 0.00387. The third kappa shape index (κ3) is 5.72. The van der Waals surface area contributed by atoms with E-state index in [0.29, 0.717) is 25.8 Å². The number of benzene rings is 1. The highest BCUT2D eigenvalue weighted by molar-refractivity contribution is 5.96. The van der Waals surface area contributed by atoms with Gasteiger partial charge in [-0.05, 0) is 19.8 Å². The molecule has 0 aromatic heterocycles. The number of ketones is 1. The summed E-state index contributed by atoms with van der Waals surface area (Å²) >= 11 is 0. The molecule has 7 nitrogen and oxygen atoms in total. The van der Waals surface area contributed by atoms with E-state index in [4.69, 9.17) is 10.5 Å². The van der Waals surface area contributed by atoms with E-state index >= 15 is 0 Å². The predicted octanol–water partition coefficient (Wildman–Crippen LogP) is 2.07. The Morgan fingerprint density at radius 1 is 1.29 bits per heavy atom. The summed E-state index contributed by atoms with van der Waals surface area (Å²) in [6.45, 7) is 3.29. The minimum atomic E-state index is -2.10. The Morgan fingerprint density at radius 3 is 2.42 bits per heavy atom. The van der Waals surface area contributed by atoms with E-state index in [1.807, 2.05) is 6.92 Å². The van der Waals surface area contributed by atoms with Gasteiger partial charge >= 0.3 is 0 Å². The first-order chi connectivity index (χ1) is 14.5. The molecule has 1 aliphatic heterocycles. The highest BCUT2D eigenvalue weighted by Crippen LogP contribution is 2.29. The second-order valence-corrected chi connectivity index (χ2v) is 7.53. The van der Waals surface area contributed by atoms with Gasteiger partial charge in [0, 0.05) is 31.4 Å². The molecule has 11 heteroatoms. The second-order valence-electron chi connectivity index (χ2n) is 7.53. The number of nitrogens with two attached hydrogens (primary N) is 1. The van der Waals surface area contributed by atoms with Gasteiger partial charge in [-0.25, -0.2) is 8.78 Å². The predicted molar refractivity (Wildman–Crippen MR) is 102 cm³/mol. The first kappa shape index (κ1) is 24.6. The van der Waals surface area contributed by atoms with Gasteiger partial charge in [0.15, 0.2) is 29.2 Å². The molecule has 4 N–H and O–H groups in total. The van der Waals surface area contributed by atoms with Crippen LogP contribution in [0, 0.1) is 29.2 Å². The summed E-state index contributed by atoms with van der Waals surface area (Å²) in [5.74, 6) is -11.1. The molecule has 0 saturated carbocycles. The number of carbonyl (C=O) groups is 3. The van der Waals surface area contributed by atoms with Crippen molar-refractivity contribution in [3.05, 3.63) is 29.3 Å². The number of halogens is 4. The minimum Gasteiger partial charge on any atom is -0.476 e. The molecule has 1 saturated heterocycles. The Balaban J connectivity index is 2.28. The first-order valence-electron chi connectivity index (χ1n) is 9.91. The fraction of sp³-hybridized carbons (Fsp3) is 0.550. The minimum absolute atomic E-state index is 0.00387. The zero-order valence-corrected chi connectivity index (χ0v) is 17.2. The van der Waals surface area contributed by atoms with Gasteiger partial charge in [-0.3, -0.25) is 14.4 Å². The van der Waals surface area contributed by atoms with E-state index in [-0.39, 0.29) is 24.8 Å². The van der Waals surface area contributed by atoms with Gasteiger partial charge in [-0.15, -0.1) is 0 Å². The van der Waals surface area contributed by atoms with Crippen molar-refractivity contribution in [1.29, 1.82) is 0 Å². The molecule has 0 aliphatic carbocycles. The van der Waals surface area contributed by atoms with Gasteiger partial charge in [0.1, 0.15) is 0 Å². The zero-order valence-electron chi connectivity index (χ0n) is 17.2. The summed E-state index contributed by atoms with van der Waals surface area (Å²) in [4.78, 5) is 37.2. The number of hydrogen-bond donors (Lipinski definition) is 3. The fourth-order valence-corrected chi connectivity index (χ4v) is 3.34. The Labute approximate surface area is 176 Å².